The van der Waals surface area contributed by atoms with Gasteiger partial charge in [0, 0.05) is 17.8 Å². The van der Waals surface area contributed by atoms with Crippen LogP contribution in [0.15, 0.2) is 34.1 Å². The maximum atomic E-state index is 10.9. The summed E-state index contributed by atoms with van der Waals surface area (Å²) in [5, 5.41) is 16.0. The van der Waals surface area contributed by atoms with Crippen LogP contribution in [0.1, 0.15) is 18.5 Å². The van der Waals surface area contributed by atoms with Crippen LogP contribution in [0, 0.1) is 10.1 Å². The molecule has 7 heteroatoms. The third kappa shape index (κ3) is 3.46. The monoisotopic (exact) mass is 360 g/mol. The van der Waals surface area contributed by atoms with E-state index in [1.165, 1.54) is 17.4 Å². The zero-order valence-electron chi connectivity index (χ0n) is 9.89. The first-order valence-corrected chi connectivity index (χ1v) is 7.47. The van der Waals surface area contributed by atoms with E-state index >= 15 is 0 Å². The SMILES string of the molecule is CC(Nc1ccc(Br)c([N+](=O)[O-])c1)c1csc(Cl)c1. The number of rotatable bonds is 4. The highest BCUT2D eigenvalue weighted by molar-refractivity contribution is 9.10. The van der Waals surface area contributed by atoms with Crippen LogP contribution in [0.5, 0.6) is 0 Å². The fourth-order valence-corrected chi connectivity index (χ4v) is 3.00. The molecule has 1 aromatic heterocycles. The van der Waals surface area contributed by atoms with Crippen molar-refractivity contribution in [1.82, 2.24) is 0 Å². The summed E-state index contributed by atoms with van der Waals surface area (Å²) in [6, 6.07) is 6.88. The Balaban J connectivity index is 2.19. The molecule has 0 bridgehead atoms. The van der Waals surface area contributed by atoms with Gasteiger partial charge in [-0.15, -0.1) is 11.3 Å². The van der Waals surface area contributed by atoms with Gasteiger partial charge in [0.1, 0.15) is 0 Å². The van der Waals surface area contributed by atoms with Gasteiger partial charge in [0.2, 0.25) is 0 Å². The lowest BCUT2D eigenvalue weighted by Gasteiger charge is -2.14. The number of anilines is 1. The molecule has 0 saturated carbocycles. The van der Waals surface area contributed by atoms with E-state index in [4.69, 9.17) is 11.6 Å². The molecule has 0 aliphatic heterocycles. The molecule has 0 aliphatic rings. The smallest absolute Gasteiger partial charge is 0.285 e. The first-order chi connectivity index (χ1) is 8.97. The Hall–Kier alpha value is -1.11. The fourth-order valence-electron chi connectivity index (χ4n) is 1.63. The minimum Gasteiger partial charge on any atom is -0.378 e. The highest BCUT2D eigenvalue weighted by Crippen LogP contribution is 2.31. The zero-order valence-corrected chi connectivity index (χ0v) is 13.1. The number of thiophene rings is 1. The van der Waals surface area contributed by atoms with E-state index in [-0.39, 0.29) is 11.7 Å². The van der Waals surface area contributed by atoms with Crippen LogP contribution in [0.3, 0.4) is 0 Å². The number of nitro groups is 1. The summed E-state index contributed by atoms with van der Waals surface area (Å²) < 4.78 is 1.19. The largest absolute Gasteiger partial charge is 0.378 e. The Morgan fingerprint density at radius 1 is 1.47 bits per heavy atom. The summed E-state index contributed by atoms with van der Waals surface area (Å²) in [6.45, 7) is 1.98. The lowest BCUT2D eigenvalue weighted by molar-refractivity contribution is -0.385. The van der Waals surface area contributed by atoms with Crippen molar-refractivity contribution in [2.24, 2.45) is 0 Å². The number of hydrogen-bond acceptors (Lipinski definition) is 4. The standard InChI is InChI=1S/C12H10BrClN2O2S/c1-7(8-4-12(14)19-6-8)15-9-2-3-10(13)11(5-9)16(17)18/h2-7,15H,1H3. The van der Waals surface area contributed by atoms with Crippen LogP contribution in [-0.2, 0) is 0 Å². The second-order valence-electron chi connectivity index (χ2n) is 3.97. The lowest BCUT2D eigenvalue weighted by Crippen LogP contribution is -2.05. The van der Waals surface area contributed by atoms with Crippen molar-refractivity contribution in [3.8, 4) is 0 Å². The maximum absolute atomic E-state index is 10.9. The fraction of sp³-hybridized carbons (Fsp3) is 0.167. The molecule has 0 fully saturated rings. The van der Waals surface area contributed by atoms with Crippen LogP contribution < -0.4 is 5.32 Å². The molecule has 1 N–H and O–H groups in total. The molecule has 1 aromatic carbocycles. The van der Waals surface area contributed by atoms with Gasteiger partial charge in [-0.2, -0.15) is 0 Å². The highest BCUT2D eigenvalue weighted by Gasteiger charge is 2.14. The van der Waals surface area contributed by atoms with Crippen LogP contribution in [0.25, 0.3) is 0 Å². The van der Waals surface area contributed by atoms with Crippen molar-refractivity contribution in [3.05, 3.63) is 54.1 Å². The molecule has 0 aliphatic carbocycles. The van der Waals surface area contributed by atoms with Crippen LogP contribution in [0.4, 0.5) is 11.4 Å². The minimum absolute atomic E-state index is 0.0320. The molecule has 0 saturated heterocycles. The number of nitrogens with one attached hydrogen (secondary N) is 1. The molecule has 0 amide bonds. The van der Waals surface area contributed by atoms with E-state index in [9.17, 15) is 10.1 Å². The molecule has 19 heavy (non-hydrogen) atoms. The summed E-state index contributed by atoms with van der Waals surface area (Å²) >= 11 is 10.5. The van der Waals surface area contributed by atoms with Crippen molar-refractivity contribution in [2.75, 3.05) is 5.32 Å². The zero-order chi connectivity index (χ0) is 14.0. The predicted molar refractivity (Wildman–Crippen MR) is 82.2 cm³/mol. The van der Waals surface area contributed by atoms with Gasteiger partial charge < -0.3 is 5.32 Å². The Morgan fingerprint density at radius 3 is 2.79 bits per heavy atom. The van der Waals surface area contributed by atoms with Crippen LogP contribution in [0.2, 0.25) is 4.34 Å². The predicted octanol–water partition coefficient (Wildman–Crippen LogP) is 5.25. The topological polar surface area (TPSA) is 55.2 Å². The first kappa shape index (κ1) is 14.3. The molecule has 1 atom stereocenters. The summed E-state index contributed by atoms with van der Waals surface area (Å²) in [6.07, 6.45) is 0. The van der Waals surface area contributed by atoms with E-state index in [0.717, 1.165) is 9.90 Å². The van der Waals surface area contributed by atoms with Crippen molar-refractivity contribution in [2.45, 2.75) is 13.0 Å². The summed E-state index contributed by atoms with van der Waals surface area (Å²) in [4.78, 5) is 10.4. The third-order valence-corrected chi connectivity index (χ3v) is 4.39. The normalized spacial score (nSPS) is 12.2. The quantitative estimate of drug-likeness (QED) is 0.598. The van der Waals surface area contributed by atoms with Crippen molar-refractivity contribution < 1.29 is 4.92 Å². The Morgan fingerprint density at radius 2 is 2.21 bits per heavy atom. The second kappa shape index (κ2) is 5.90. The van der Waals surface area contributed by atoms with E-state index < -0.39 is 4.92 Å². The van der Waals surface area contributed by atoms with Gasteiger partial charge in [0.05, 0.1) is 13.7 Å². The average molecular weight is 362 g/mol. The number of halogens is 2. The molecule has 1 unspecified atom stereocenters. The minimum atomic E-state index is -0.415. The van der Waals surface area contributed by atoms with Gasteiger partial charge in [-0.1, -0.05) is 11.6 Å². The van der Waals surface area contributed by atoms with E-state index in [2.05, 4.69) is 21.2 Å². The molecule has 2 aromatic rings. The van der Waals surface area contributed by atoms with Crippen molar-refractivity contribution in [3.63, 3.8) is 0 Å². The van der Waals surface area contributed by atoms with Gasteiger partial charge in [-0.25, -0.2) is 0 Å². The van der Waals surface area contributed by atoms with Crippen molar-refractivity contribution in [1.29, 1.82) is 0 Å². The summed E-state index contributed by atoms with van der Waals surface area (Å²) in [5.74, 6) is 0. The lowest BCUT2D eigenvalue weighted by atomic mass is 10.1. The first-order valence-electron chi connectivity index (χ1n) is 5.42. The van der Waals surface area contributed by atoms with Crippen LogP contribution >= 0.6 is 38.9 Å². The van der Waals surface area contributed by atoms with Gasteiger partial charge in [-0.3, -0.25) is 10.1 Å². The molecular weight excluding hydrogens is 352 g/mol. The van der Waals surface area contributed by atoms with Crippen molar-refractivity contribution >= 4 is 50.2 Å². The van der Waals surface area contributed by atoms with Gasteiger partial charge in [-0.05, 0) is 52.0 Å². The van der Waals surface area contributed by atoms with Crippen LogP contribution in [-0.4, -0.2) is 4.92 Å². The average Bonchev–Trinajstić information content (AvgIpc) is 2.78. The molecule has 1 heterocycles. The third-order valence-electron chi connectivity index (χ3n) is 2.61. The molecule has 0 spiro atoms. The Bertz CT molecular complexity index is 618. The van der Waals surface area contributed by atoms with Gasteiger partial charge in [0.25, 0.3) is 5.69 Å². The number of nitrogens with zero attached hydrogens (tertiary/aromatic N) is 1. The molecule has 4 nitrogen and oxygen atoms in total. The number of benzene rings is 1. The highest BCUT2D eigenvalue weighted by atomic mass is 79.9. The van der Waals surface area contributed by atoms with E-state index in [1.807, 2.05) is 18.4 Å². The number of nitro benzene ring substituents is 1. The van der Waals surface area contributed by atoms with Gasteiger partial charge >= 0.3 is 0 Å². The Kier molecular flexibility index (Phi) is 4.44. The molecular formula is C12H10BrClN2O2S. The Labute approximate surface area is 127 Å². The molecule has 100 valence electrons. The number of hydrogen-bond donors (Lipinski definition) is 1. The summed E-state index contributed by atoms with van der Waals surface area (Å²) in [5.41, 5.74) is 1.80. The molecule has 0 radical (unpaired) electrons. The van der Waals surface area contributed by atoms with E-state index in [1.54, 1.807) is 12.1 Å². The molecule has 2 rings (SSSR count). The maximum Gasteiger partial charge on any atom is 0.285 e. The second-order valence-corrected chi connectivity index (χ2v) is 6.37. The summed E-state index contributed by atoms with van der Waals surface area (Å²) in [7, 11) is 0. The van der Waals surface area contributed by atoms with Gasteiger partial charge in [0.15, 0.2) is 0 Å². The van der Waals surface area contributed by atoms with E-state index in [0.29, 0.717) is 10.2 Å².